The minimum Gasteiger partial charge on any atom is -0.505 e. The second-order valence-electron chi connectivity index (χ2n) is 2.93. The van der Waals surface area contributed by atoms with Crippen molar-refractivity contribution in [2.75, 3.05) is 7.11 Å². The van der Waals surface area contributed by atoms with Gasteiger partial charge in [-0.15, -0.1) is 0 Å². The summed E-state index contributed by atoms with van der Waals surface area (Å²) in [5.74, 6) is -2.22. The van der Waals surface area contributed by atoms with E-state index in [0.717, 1.165) is 6.07 Å². The third-order valence-corrected chi connectivity index (χ3v) is 1.83. The number of aromatic hydroxyl groups is 1. The van der Waals surface area contributed by atoms with Gasteiger partial charge < -0.3 is 14.9 Å². The van der Waals surface area contributed by atoms with E-state index in [4.69, 9.17) is 5.11 Å². The Hall–Kier alpha value is -1.92. The highest BCUT2D eigenvalue weighted by molar-refractivity contribution is 5.71. The number of carbonyl (C=O) groups is 1. The Bertz CT molecular complexity index is 409. The summed E-state index contributed by atoms with van der Waals surface area (Å²) in [6.07, 6.45) is -3.58. The number of ether oxygens (including phenoxy) is 1. The third-order valence-electron chi connectivity index (χ3n) is 1.83. The van der Waals surface area contributed by atoms with Crippen molar-refractivity contribution in [3.63, 3.8) is 0 Å². The van der Waals surface area contributed by atoms with Crippen molar-refractivity contribution in [1.29, 1.82) is 0 Å². The van der Waals surface area contributed by atoms with Crippen LogP contribution < -0.4 is 4.74 Å². The molecule has 16 heavy (non-hydrogen) atoms. The van der Waals surface area contributed by atoms with Crippen LogP contribution in [0.3, 0.4) is 0 Å². The van der Waals surface area contributed by atoms with Crippen molar-refractivity contribution in [3.8, 4) is 11.6 Å². The number of hydrogen-bond acceptors (Lipinski definition) is 4. The maximum atomic E-state index is 12.4. The van der Waals surface area contributed by atoms with Gasteiger partial charge in [-0.05, 0) is 0 Å². The van der Waals surface area contributed by atoms with Gasteiger partial charge in [0.2, 0.25) is 5.88 Å². The number of hydrogen-bond donors (Lipinski definition) is 2. The quantitative estimate of drug-likeness (QED) is 0.820. The van der Waals surface area contributed by atoms with Crippen LogP contribution >= 0.6 is 0 Å². The van der Waals surface area contributed by atoms with E-state index in [0.29, 0.717) is 0 Å². The van der Waals surface area contributed by atoms with Gasteiger partial charge in [0.25, 0.3) is 6.43 Å². The fraction of sp³-hybridized carbons (Fsp3) is 0.333. The van der Waals surface area contributed by atoms with Crippen LogP contribution in [-0.4, -0.2) is 28.3 Å². The average Bonchev–Trinajstić information content (AvgIpc) is 2.19. The van der Waals surface area contributed by atoms with Crippen LogP contribution in [-0.2, 0) is 11.2 Å². The second kappa shape index (κ2) is 4.73. The monoisotopic (exact) mass is 233 g/mol. The number of pyridine rings is 1. The molecule has 88 valence electrons. The van der Waals surface area contributed by atoms with E-state index in [2.05, 4.69) is 9.72 Å². The number of aliphatic carboxylic acids is 1. The summed E-state index contributed by atoms with van der Waals surface area (Å²) in [4.78, 5) is 13.8. The van der Waals surface area contributed by atoms with E-state index in [1.54, 1.807) is 0 Å². The zero-order chi connectivity index (χ0) is 12.3. The lowest BCUT2D eigenvalue weighted by atomic mass is 10.1. The molecule has 1 rings (SSSR count). The van der Waals surface area contributed by atoms with Crippen LogP contribution in [0.25, 0.3) is 0 Å². The van der Waals surface area contributed by atoms with Gasteiger partial charge in [-0.1, -0.05) is 0 Å². The van der Waals surface area contributed by atoms with E-state index in [-0.39, 0.29) is 11.4 Å². The van der Waals surface area contributed by atoms with Crippen molar-refractivity contribution >= 4 is 5.97 Å². The smallest absolute Gasteiger partial charge is 0.307 e. The number of alkyl halides is 2. The van der Waals surface area contributed by atoms with Crippen LogP contribution in [0, 0.1) is 0 Å². The normalized spacial score (nSPS) is 10.5. The number of halogens is 2. The standard InChI is InChI=1S/C9H9F2NO4/c1-16-5-2-4(3-6(13)14)8(15)7(12-5)9(10)11/h2,9,15H,3H2,1H3,(H,13,14). The van der Waals surface area contributed by atoms with Crippen molar-refractivity contribution in [3.05, 3.63) is 17.3 Å². The van der Waals surface area contributed by atoms with Crippen molar-refractivity contribution in [2.24, 2.45) is 0 Å². The van der Waals surface area contributed by atoms with Gasteiger partial charge in [0.1, 0.15) is 5.75 Å². The van der Waals surface area contributed by atoms with Gasteiger partial charge >= 0.3 is 5.97 Å². The van der Waals surface area contributed by atoms with Gasteiger partial charge in [-0.25, -0.2) is 13.8 Å². The summed E-state index contributed by atoms with van der Waals surface area (Å²) < 4.78 is 29.5. The molecule has 5 nitrogen and oxygen atoms in total. The van der Waals surface area contributed by atoms with E-state index >= 15 is 0 Å². The fourth-order valence-corrected chi connectivity index (χ4v) is 1.14. The Kier molecular flexibility index (Phi) is 3.60. The summed E-state index contributed by atoms with van der Waals surface area (Å²) in [5, 5.41) is 17.9. The number of aromatic nitrogens is 1. The molecule has 0 aliphatic carbocycles. The van der Waals surface area contributed by atoms with E-state index in [1.807, 2.05) is 0 Å². The maximum absolute atomic E-state index is 12.4. The zero-order valence-corrected chi connectivity index (χ0v) is 8.28. The van der Waals surface area contributed by atoms with Gasteiger partial charge in [0.05, 0.1) is 13.5 Å². The SMILES string of the molecule is COc1cc(CC(=O)O)c(O)c(C(F)F)n1. The topological polar surface area (TPSA) is 79.7 Å². The van der Waals surface area contributed by atoms with Gasteiger partial charge in [-0.2, -0.15) is 0 Å². The lowest BCUT2D eigenvalue weighted by Crippen LogP contribution is -2.04. The van der Waals surface area contributed by atoms with Crippen LogP contribution in [0.1, 0.15) is 17.7 Å². The average molecular weight is 233 g/mol. The zero-order valence-electron chi connectivity index (χ0n) is 8.28. The molecule has 0 fully saturated rings. The van der Waals surface area contributed by atoms with E-state index < -0.39 is 30.3 Å². The Labute approximate surface area is 89.3 Å². The highest BCUT2D eigenvalue weighted by Crippen LogP contribution is 2.32. The number of methoxy groups -OCH3 is 1. The van der Waals surface area contributed by atoms with E-state index in [1.165, 1.54) is 7.11 Å². The molecule has 0 spiro atoms. The van der Waals surface area contributed by atoms with Gasteiger partial charge in [0, 0.05) is 11.6 Å². The van der Waals surface area contributed by atoms with Crippen LogP contribution in [0.15, 0.2) is 6.07 Å². The minimum absolute atomic E-state index is 0.158. The molecule has 1 heterocycles. The largest absolute Gasteiger partial charge is 0.505 e. The molecule has 0 unspecified atom stereocenters. The molecule has 0 aliphatic rings. The van der Waals surface area contributed by atoms with Gasteiger partial charge in [-0.3, -0.25) is 4.79 Å². The summed E-state index contributed by atoms with van der Waals surface area (Å²) in [6, 6.07) is 1.11. The maximum Gasteiger partial charge on any atom is 0.307 e. The molecule has 0 saturated carbocycles. The molecule has 0 aromatic carbocycles. The van der Waals surface area contributed by atoms with Crippen molar-refractivity contribution < 1.29 is 28.5 Å². The second-order valence-corrected chi connectivity index (χ2v) is 2.93. The fourth-order valence-electron chi connectivity index (χ4n) is 1.14. The van der Waals surface area contributed by atoms with Crippen molar-refractivity contribution in [2.45, 2.75) is 12.8 Å². The number of carboxylic acids is 1. The van der Waals surface area contributed by atoms with Crippen LogP contribution in [0.2, 0.25) is 0 Å². The van der Waals surface area contributed by atoms with Crippen molar-refractivity contribution in [1.82, 2.24) is 4.98 Å². The summed E-state index contributed by atoms with van der Waals surface area (Å²) in [7, 11) is 1.21. The Morgan fingerprint density at radius 2 is 2.25 bits per heavy atom. The van der Waals surface area contributed by atoms with Gasteiger partial charge in [0.15, 0.2) is 5.69 Å². The lowest BCUT2D eigenvalue weighted by Gasteiger charge is -2.09. The minimum atomic E-state index is -3.00. The molecule has 7 heteroatoms. The molecule has 1 aromatic heterocycles. The molecule has 0 bridgehead atoms. The Balaban J connectivity index is 3.25. The molecule has 0 amide bonds. The number of nitrogens with zero attached hydrogens (tertiary/aromatic N) is 1. The first-order valence-corrected chi connectivity index (χ1v) is 4.22. The molecule has 0 radical (unpaired) electrons. The molecule has 0 atom stereocenters. The molecule has 0 saturated heterocycles. The number of rotatable bonds is 4. The Morgan fingerprint density at radius 3 is 2.69 bits per heavy atom. The Morgan fingerprint density at radius 1 is 1.62 bits per heavy atom. The first kappa shape index (κ1) is 12.2. The highest BCUT2D eigenvalue weighted by Gasteiger charge is 2.21. The molecular formula is C9H9F2NO4. The molecule has 1 aromatic rings. The number of carboxylic acid groups (broad SMARTS) is 1. The predicted octanol–water partition coefficient (Wildman–Crippen LogP) is 1.36. The summed E-state index contributed by atoms with van der Waals surface area (Å²) >= 11 is 0. The first-order chi connectivity index (χ1) is 7.45. The molecular weight excluding hydrogens is 224 g/mol. The first-order valence-electron chi connectivity index (χ1n) is 4.22. The lowest BCUT2D eigenvalue weighted by molar-refractivity contribution is -0.136. The van der Waals surface area contributed by atoms with E-state index in [9.17, 15) is 18.7 Å². The molecule has 0 aliphatic heterocycles. The molecule has 2 N–H and O–H groups in total. The van der Waals surface area contributed by atoms with Crippen LogP contribution in [0.4, 0.5) is 8.78 Å². The highest BCUT2D eigenvalue weighted by atomic mass is 19.3. The summed E-state index contributed by atoms with van der Waals surface area (Å²) in [6.45, 7) is 0. The summed E-state index contributed by atoms with van der Waals surface area (Å²) in [5.41, 5.74) is -1.04. The van der Waals surface area contributed by atoms with Crippen LogP contribution in [0.5, 0.6) is 11.6 Å². The predicted molar refractivity (Wildman–Crippen MR) is 48.8 cm³/mol. The third kappa shape index (κ3) is 2.56.